The second-order valence-corrected chi connectivity index (χ2v) is 4.75. The van der Waals surface area contributed by atoms with Crippen molar-refractivity contribution in [3.63, 3.8) is 0 Å². The van der Waals surface area contributed by atoms with Gasteiger partial charge in [0, 0.05) is 24.5 Å². The third kappa shape index (κ3) is 2.89. The smallest absolute Gasteiger partial charge is 0.254 e. The Morgan fingerprint density at radius 3 is 2.75 bits per heavy atom. The zero-order valence-electron chi connectivity index (χ0n) is 9.08. The number of amides is 1. The fourth-order valence-electron chi connectivity index (χ4n) is 1.15. The number of halogens is 2. The summed E-state index contributed by atoms with van der Waals surface area (Å²) in [5.74, 6) is 0.277. The summed E-state index contributed by atoms with van der Waals surface area (Å²) in [7, 11) is 1.69. The maximum Gasteiger partial charge on any atom is 0.254 e. The molecule has 0 aliphatic rings. The number of carbonyl (C=O) groups is 1. The van der Waals surface area contributed by atoms with Gasteiger partial charge >= 0.3 is 0 Å². The van der Waals surface area contributed by atoms with Crippen LogP contribution in [0.25, 0.3) is 0 Å². The molecule has 16 heavy (non-hydrogen) atoms. The summed E-state index contributed by atoms with van der Waals surface area (Å²) >= 11 is 8.85. The molecule has 1 N–H and O–H groups in total. The Morgan fingerprint density at radius 1 is 1.62 bits per heavy atom. The van der Waals surface area contributed by atoms with Crippen LogP contribution in [0.15, 0.2) is 22.7 Å². The van der Waals surface area contributed by atoms with E-state index in [2.05, 4.69) is 15.9 Å². The highest BCUT2D eigenvalue weighted by Crippen LogP contribution is 2.25. The van der Waals surface area contributed by atoms with E-state index in [0.29, 0.717) is 15.9 Å². The highest BCUT2D eigenvalue weighted by molar-refractivity contribution is 9.10. The van der Waals surface area contributed by atoms with Gasteiger partial charge in [-0.1, -0.05) is 0 Å². The number of phenolic OH excluding ortho intramolecular Hbond substituents is 1. The van der Waals surface area contributed by atoms with E-state index in [4.69, 9.17) is 11.6 Å². The SMILES string of the molecule is CC(CCl)N(C)C(=O)c1ccc(Br)c(O)c1. The molecular weight excluding hydrogens is 293 g/mol. The first-order chi connectivity index (χ1) is 7.47. The number of alkyl halides is 1. The van der Waals surface area contributed by atoms with Crippen molar-refractivity contribution in [2.45, 2.75) is 13.0 Å². The molecule has 5 heteroatoms. The van der Waals surface area contributed by atoms with Crippen LogP contribution in [-0.4, -0.2) is 34.9 Å². The molecule has 1 unspecified atom stereocenters. The minimum Gasteiger partial charge on any atom is -0.507 e. The molecule has 0 aromatic heterocycles. The number of hydrogen-bond acceptors (Lipinski definition) is 2. The number of phenols is 1. The Balaban J connectivity index is 2.92. The summed E-state index contributed by atoms with van der Waals surface area (Å²) in [6, 6.07) is 4.69. The Bertz CT molecular complexity index is 398. The average Bonchev–Trinajstić information content (AvgIpc) is 2.29. The third-order valence-electron chi connectivity index (χ3n) is 2.40. The second-order valence-electron chi connectivity index (χ2n) is 3.59. The van der Waals surface area contributed by atoms with Crippen molar-refractivity contribution in [1.29, 1.82) is 0 Å². The lowest BCUT2D eigenvalue weighted by atomic mass is 10.1. The monoisotopic (exact) mass is 305 g/mol. The lowest BCUT2D eigenvalue weighted by Gasteiger charge is -2.23. The van der Waals surface area contributed by atoms with Crippen molar-refractivity contribution < 1.29 is 9.90 Å². The lowest BCUT2D eigenvalue weighted by Crippen LogP contribution is -2.36. The van der Waals surface area contributed by atoms with Gasteiger partial charge < -0.3 is 10.0 Å². The van der Waals surface area contributed by atoms with Gasteiger partial charge in [-0.15, -0.1) is 11.6 Å². The van der Waals surface area contributed by atoms with Crippen LogP contribution in [0.1, 0.15) is 17.3 Å². The first-order valence-corrected chi connectivity index (χ1v) is 6.11. The van der Waals surface area contributed by atoms with E-state index in [1.165, 1.54) is 6.07 Å². The molecule has 0 heterocycles. The molecule has 1 rings (SSSR count). The Morgan fingerprint density at radius 2 is 2.25 bits per heavy atom. The maximum absolute atomic E-state index is 11.9. The fourth-order valence-corrected chi connectivity index (χ4v) is 1.61. The largest absolute Gasteiger partial charge is 0.507 e. The molecule has 0 aliphatic carbocycles. The molecule has 0 saturated carbocycles. The van der Waals surface area contributed by atoms with Crippen LogP contribution in [0.5, 0.6) is 5.75 Å². The first-order valence-electron chi connectivity index (χ1n) is 4.79. The van der Waals surface area contributed by atoms with Crippen LogP contribution in [0, 0.1) is 0 Å². The van der Waals surface area contributed by atoms with Crippen molar-refractivity contribution in [2.75, 3.05) is 12.9 Å². The van der Waals surface area contributed by atoms with Gasteiger partial charge in [-0.25, -0.2) is 0 Å². The average molecular weight is 307 g/mol. The van der Waals surface area contributed by atoms with Crippen molar-refractivity contribution in [3.8, 4) is 5.75 Å². The van der Waals surface area contributed by atoms with Crippen molar-refractivity contribution in [3.05, 3.63) is 28.2 Å². The molecule has 1 amide bonds. The Hall–Kier alpha value is -0.740. The minimum absolute atomic E-state index is 0.0417. The number of rotatable bonds is 3. The molecule has 0 fully saturated rings. The summed E-state index contributed by atoms with van der Waals surface area (Å²) in [5.41, 5.74) is 0.445. The maximum atomic E-state index is 11.9. The highest BCUT2D eigenvalue weighted by Gasteiger charge is 2.17. The summed E-state index contributed by atoms with van der Waals surface area (Å²) in [6.07, 6.45) is 0. The lowest BCUT2D eigenvalue weighted by molar-refractivity contribution is 0.0756. The normalized spacial score (nSPS) is 12.2. The molecule has 0 spiro atoms. The molecule has 0 radical (unpaired) electrons. The van der Waals surface area contributed by atoms with Gasteiger partial charge in [-0.05, 0) is 41.1 Å². The molecule has 3 nitrogen and oxygen atoms in total. The Kier molecular flexibility index (Phi) is 4.62. The van der Waals surface area contributed by atoms with Crippen LogP contribution in [-0.2, 0) is 0 Å². The van der Waals surface area contributed by atoms with E-state index < -0.39 is 0 Å². The predicted octanol–water partition coefficient (Wildman–Crippen LogP) is 2.85. The van der Waals surface area contributed by atoms with E-state index in [0.717, 1.165) is 0 Å². The van der Waals surface area contributed by atoms with Crippen molar-refractivity contribution >= 4 is 33.4 Å². The molecule has 0 bridgehead atoms. The minimum atomic E-state index is -0.157. The summed E-state index contributed by atoms with van der Waals surface area (Å²) in [6.45, 7) is 1.86. The van der Waals surface area contributed by atoms with Gasteiger partial charge in [-0.2, -0.15) is 0 Å². The first kappa shape index (κ1) is 13.3. The highest BCUT2D eigenvalue weighted by atomic mass is 79.9. The van der Waals surface area contributed by atoms with Crippen LogP contribution in [0.3, 0.4) is 0 Å². The molecule has 0 saturated heterocycles. The predicted molar refractivity (Wildman–Crippen MR) is 68.1 cm³/mol. The summed E-state index contributed by atoms with van der Waals surface area (Å²) < 4.78 is 0.567. The van der Waals surface area contributed by atoms with Gasteiger partial charge in [-0.3, -0.25) is 4.79 Å². The van der Waals surface area contributed by atoms with Crippen molar-refractivity contribution in [2.24, 2.45) is 0 Å². The quantitative estimate of drug-likeness (QED) is 0.872. The van der Waals surface area contributed by atoms with Gasteiger partial charge in [0.05, 0.1) is 4.47 Å². The van der Waals surface area contributed by atoms with Crippen LogP contribution >= 0.6 is 27.5 Å². The van der Waals surface area contributed by atoms with Gasteiger partial charge in [0.15, 0.2) is 0 Å². The molecule has 88 valence electrons. The van der Waals surface area contributed by atoms with E-state index in [9.17, 15) is 9.90 Å². The van der Waals surface area contributed by atoms with E-state index in [-0.39, 0.29) is 17.7 Å². The fraction of sp³-hybridized carbons (Fsp3) is 0.364. The van der Waals surface area contributed by atoms with Gasteiger partial charge in [0.25, 0.3) is 5.91 Å². The van der Waals surface area contributed by atoms with Gasteiger partial charge in [0.2, 0.25) is 0 Å². The standard InChI is InChI=1S/C11H13BrClNO2/c1-7(6-13)14(2)11(16)8-3-4-9(12)10(15)5-8/h3-5,7,15H,6H2,1-2H3. The molecule has 1 aromatic rings. The number of hydrogen-bond donors (Lipinski definition) is 1. The topological polar surface area (TPSA) is 40.5 Å². The van der Waals surface area contributed by atoms with Crippen molar-refractivity contribution in [1.82, 2.24) is 4.90 Å². The molecule has 1 aromatic carbocycles. The molecule has 1 atom stereocenters. The zero-order chi connectivity index (χ0) is 12.3. The number of nitrogens with zero attached hydrogens (tertiary/aromatic N) is 1. The zero-order valence-corrected chi connectivity index (χ0v) is 11.4. The number of benzene rings is 1. The number of carbonyl (C=O) groups excluding carboxylic acids is 1. The van der Waals surface area contributed by atoms with E-state index in [1.807, 2.05) is 6.92 Å². The number of aromatic hydroxyl groups is 1. The van der Waals surface area contributed by atoms with Crippen LogP contribution in [0.2, 0.25) is 0 Å². The van der Waals surface area contributed by atoms with E-state index >= 15 is 0 Å². The van der Waals surface area contributed by atoms with Gasteiger partial charge in [0.1, 0.15) is 5.75 Å². The Labute approximate surface area is 108 Å². The summed E-state index contributed by atoms with van der Waals surface area (Å²) in [5, 5.41) is 9.48. The van der Waals surface area contributed by atoms with E-state index in [1.54, 1.807) is 24.1 Å². The molecular formula is C11H13BrClNO2. The summed E-state index contributed by atoms with van der Waals surface area (Å²) in [4.78, 5) is 13.5. The van der Waals surface area contributed by atoms with Crippen LogP contribution in [0.4, 0.5) is 0 Å². The second kappa shape index (κ2) is 5.55. The van der Waals surface area contributed by atoms with Crippen LogP contribution < -0.4 is 0 Å². The molecule has 0 aliphatic heterocycles. The third-order valence-corrected chi connectivity index (χ3v) is 3.52.